The Hall–Kier alpha value is -1.85. The first-order valence-corrected chi connectivity index (χ1v) is 8.70. The lowest BCUT2D eigenvalue weighted by atomic mass is 10.0. The first-order valence-electron chi connectivity index (χ1n) is 8.70. The van der Waals surface area contributed by atoms with Crippen molar-refractivity contribution in [3.8, 4) is 5.75 Å². The zero-order chi connectivity index (χ0) is 16.9. The Morgan fingerprint density at radius 2 is 2.08 bits per heavy atom. The number of aliphatic hydroxyl groups is 1. The number of imidazole rings is 1. The third kappa shape index (κ3) is 4.36. The topological polar surface area (TPSA) is 50.5 Å². The zero-order valence-corrected chi connectivity index (χ0v) is 14.6. The second-order valence-electron chi connectivity index (χ2n) is 6.78. The molecule has 0 bridgehead atoms. The lowest BCUT2D eigenvalue weighted by Gasteiger charge is -2.33. The summed E-state index contributed by atoms with van der Waals surface area (Å²) in [7, 11) is 0. The van der Waals surface area contributed by atoms with Crippen molar-refractivity contribution in [3.63, 3.8) is 0 Å². The molecule has 0 radical (unpaired) electrons. The number of hydrogen-bond donors (Lipinski definition) is 1. The Morgan fingerprint density at radius 3 is 2.75 bits per heavy atom. The first-order chi connectivity index (χ1) is 11.6. The van der Waals surface area contributed by atoms with E-state index in [4.69, 9.17) is 4.74 Å². The molecule has 1 N–H and O–H groups in total. The Bertz CT molecular complexity index is 634. The summed E-state index contributed by atoms with van der Waals surface area (Å²) >= 11 is 0. The molecule has 0 spiro atoms. The minimum Gasteiger partial charge on any atom is -0.491 e. The summed E-state index contributed by atoms with van der Waals surface area (Å²) in [5.41, 5.74) is 2.34. The second kappa shape index (κ2) is 7.81. The third-order valence-electron chi connectivity index (χ3n) is 4.73. The smallest absolute Gasteiger partial charge is 0.122 e. The van der Waals surface area contributed by atoms with Gasteiger partial charge in [-0.1, -0.05) is 17.7 Å². The van der Waals surface area contributed by atoms with Crippen molar-refractivity contribution in [3.05, 3.63) is 48.0 Å². The van der Waals surface area contributed by atoms with E-state index in [0.717, 1.165) is 37.2 Å². The van der Waals surface area contributed by atoms with Gasteiger partial charge in [0.2, 0.25) is 0 Å². The van der Waals surface area contributed by atoms with Crippen molar-refractivity contribution in [2.24, 2.45) is 0 Å². The maximum atomic E-state index is 10.3. The molecule has 130 valence electrons. The van der Waals surface area contributed by atoms with Gasteiger partial charge >= 0.3 is 0 Å². The molecular formula is C19H27N3O2. The van der Waals surface area contributed by atoms with Crippen LogP contribution < -0.4 is 4.74 Å². The molecule has 5 heteroatoms. The average molecular weight is 329 g/mol. The molecule has 0 aliphatic carbocycles. The number of hydrogen-bond acceptors (Lipinski definition) is 4. The number of aryl methyl sites for hydroxylation is 2. The van der Waals surface area contributed by atoms with E-state index < -0.39 is 6.10 Å². The lowest BCUT2D eigenvalue weighted by Crippen LogP contribution is -2.41. The molecule has 1 atom stereocenters. The van der Waals surface area contributed by atoms with E-state index in [1.165, 1.54) is 5.56 Å². The quantitative estimate of drug-likeness (QED) is 0.885. The molecule has 1 aromatic heterocycles. The van der Waals surface area contributed by atoms with Gasteiger partial charge in [0.15, 0.2) is 0 Å². The molecule has 2 heterocycles. The van der Waals surface area contributed by atoms with Crippen LogP contribution in [0.5, 0.6) is 5.75 Å². The highest BCUT2D eigenvalue weighted by molar-refractivity contribution is 5.35. The van der Waals surface area contributed by atoms with Gasteiger partial charge in [-0.25, -0.2) is 4.98 Å². The van der Waals surface area contributed by atoms with Crippen molar-refractivity contribution >= 4 is 0 Å². The van der Waals surface area contributed by atoms with E-state index in [2.05, 4.69) is 27.4 Å². The number of likely N-dealkylation sites (tertiary alicyclic amines) is 1. The highest BCUT2D eigenvalue weighted by Gasteiger charge is 2.22. The van der Waals surface area contributed by atoms with Crippen LogP contribution in [0.3, 0.4) is 0 Å². The van der Waals surface area contributed by atoms with Gasteiger partial charge in [-0.05, 0) is 38.3 Å². The van der Waals surface area contributed by atoms with Crippen molar-refractivity contribution in [1.82, 2.24) is 14.5 Å². The number of ether oxygens (including phenoxy) is 1. The molecule has 1 aromatic carbocycles. The normalized spacial score (nSPS) is 17.8. The van der Waals surface area contributed by atoms with E-state index in [0.29, 0.717) is 19.2 Å². The predicted molar refractivity (Wildman–Crippen MR) is 94.4 cm³/mol. The molecule has 24 heavy (non-hydrogen) atoms. The minimum atomic E-state index is -0.463. The third-order valence-corrected chi connectivity index (χ3v) is 4.73. The summed E-state index contributed by atoms with van der Waals surface area (Å²) in [6.45, 7) is 7.12. The van der Waals surface area contributed by atoms with E-state index >= 15 is 0 Å². The van der Waals surface area contributed by atoms with Crippen LogP contribution in [0.4, 0.5) is 0 Å². The van der Waals surface area contributed by atoms with Crippen LogP contribution in [0.1, 0.15) is 30.0 Å². The Morgan fingerprint density at radius 1 is 1.29 bits per heavy atom. The number of β-amino-alcohol motifs (C(OH)–C–C–N with tert-alkyl or cyclic N) is 1. The molecule has 1 fully saturated rings. The van der Waals surface area contributed by atoms with Crippen LogP contribution in [-0.2, 0) is 0 Å². The first kappa shape index (κ1) is 17.0. The summed E-state index contributed by atoms with van der Waals surface area (Å²) in [6.07, 6.45) is 7.50. The SMILES string of the molecule is Cc1ccc(OCC(O)CN2CCC(n3ccnc3)CC2)c(C)c1. The molecule has 0 amide bonds. The standard InChI is InChI=1S/C19H27N3O2/c1-15-3-4-19(16(2)11-15)24-13-18(23)12-21-8-5-17(6-9-21)22-10-7-20-14-22/h3-4,7,10-11,14,17-18,23H,5-6,8-9,12-13H2,1-2H3. The van der Waals surface area contributed by atoms with Gasteiger partial charge < -0.3 is 19.3 Å². The Kier molecular flexibility index (Phi) is 5.53. The van der Waals surface area contributed by atoms with Crippen LogP contribution in [-0.4, -0.2) is 51.9 Å². The van der Waals surface area contributed by atoms with Gasteiger partial charge in [0.25, 0.3) is 0 Å². The van der Waals surface area contributed by atoms with Gasteiger partial charge in [0.05, 0.1) is 6.33 Å². The number of nitrogens with zero attached hydrogens (tertiary/aromatic N) is 3. The number of piperidine rings is 1. The van der Waals surface area contributed by atoms with E-state index in [1.54, 1.807) is 0 Å². The van der Waals surface area contributed by atoms with Crippen molar-refractivity contribution in [1.29, 1.82) is 0 Å². The summed E-state index contributed by atoms with van der Waals surface area (Å²) in [5.74, 6) is 0.860. The van der Waals surface area contributed by atoms with Gasteiger partial charge in [-0.3, -0.25) is 0 Å². The number of benzene rings is 1. The van der Waals surface area contributed by atoms with Crippen LogP contribution in [0.15, 0.2) is 36.9 Å². The predicted octanol–water partition coefficient (Wildman–Crippen LogP) is 2.58. The van der Waals surface area contributed by atoms with E-state index in [1.807, 2.05) is 37.8 Å². The monoisotopic (exact) mass is 329 g/mol. The Balaban J connectivity index is 1.42. The van der Waals surface area contributed by atoms with Crippen LogP contribution >= 0.6 is 0 Å². The summed E-state index contributed by atoms with van der Waals surface area (Å²) in [5, 5.41) is 10.3. The fourth-order valence-corrected chi connectivity index (χ4v) is 3.38. The lowest BCUT2D eigenvalue weighted by molar-refractivity contribution is 0.0557. The molecule has 1 saturated heterocycles. The van der Waals surface area contributed by atoms with Gasteiger partial charge in [-0.2, -0.15) is 0 Å². The van der Waals surface area contributed by atoms with Gasteiger partial charge in [-0.15, -0.1) is 0 Å². The van der Waals surface area contributed by atoms with Crippen molar-refractivity contribution in [2.75, 3.05) is 26.2 Å². The molecule has 1 aliphatic rings. The minimum absolute atomic E-state index is 0.339. The fraction of sp³-hybridized carbons (Fsp3) is 0.526. The fourth-order valence-electron chi connectivity index (χ4n) is 3.38. The van der Waals surface area contributed by atoms with Gasteiger partial charge in [0.1, 0.15) is 18.5 Å². The highest BCUT2D eigenvalue weighted by Crippen LogP contribution is 2.22. The maximum Gasteiger partial charge on any atom is 0.122 e. The summed E-state index contributed by atoms with van der Waals surface area (Å²) in [6, 6.07) is 6.65. The Labute approximate surface area is 143 Å². The van der Waals surface area contributed by atoms with E-state index in [9.17, 15) is 5.11 Å². The largest absolute Gasteiger partial charge is 0.491 e. The summed E-state index contributed by atoms with van der Waals surface area (Å²) < 4.78 is 7.98. The molecule has 2 aromatic rings. The van der Waals surface area contributed by atoms with Crippen LogP contribution in [0, 0.1) is 13.8 Å². The molecular weight excluding hydrogens is 302 g/mol. The van der Waals surface area contributed by atoms with Crippen LogP contribution in [0.25, 0.3) is 0 Å². The molecule has 3 rings (SSSR count). The maximum absolute atomic E-state index is 10.3. The number of aliphatic hydroxyl groups excluding tert-OH is 1. The molecule has 0 saturated carbocycles. The molecule has 5 nitrogen and oxygen atoms in total. The highest BCUT2D eigenvalue weighted by atomic mass is 16.5. The zero-order valence-electron chi connectivity index (χ0n) is 14.6. The second-order valence-corrected chi connectivity index (χ2v) is 6.78. The van der Waals surface area contributed by atoms with Crippen LogP contribution in [0.2, 0.25) is 0 Å². The average Bonchev–Trinajstić information content (AvgIpc) is 3.09. The summed E-state index contributed by atoms with van der Waals surface area (Å²) in [4.78, 5) is 6.45. The van der Waals surface area contributed by atoms with Crippen molar-refractivity contribution in [2.45, 2.75) is 38.8 Å². The molecule has 1 unspecified atom stereocenters. The van der Waals surface area contributed by atoms with Gasteiger partial charge in [0, 0.05) is 38.1 Å². The molecule has 1 aliphatic heterocycles. The number of rotatable bonds is 6. The van der Waals surface area contributed by atoms with E-state index in [-0.39, 0.29) is 0 Å². The number of aromatic nitrogens is 2. The van der Waals surface area contributed by atoms with Crippen molar-refractivity contribution < 1.29 is 9.84 Å².